The van der Waals surface area contributed by atoms with E-state index in [0.717, 1.165) is 30.6 Å². The van der Waals surface area contributed by atoms with Gasteiger partial charge in [-0.15, -0.1) is 11.3 Å². The summed E-state index contributed by atoms with van der Waals surface area (Å²) in [5.74, 6) is -1.59. The van der Waals surface area contributed by atoms with E-state index in [1.807, 2.05) is 13.8 Å². The molecule has 0 saturated heterocycles. The molecular formula is C31H42F3N5O6S. The molecule has 4 atom stereocenters. The summed E-state index contributed by atoms with van der Waals surface area (Å²) >= 11 is 1.12. The Morgan fingerprint density at radius 1 is 1.11 bits per heavy atom. The van der Waals surface area contributed by atoms with Gasteiger partial charge in [-0.2, -0.15) is 13.2 Å². The van der Waals surface area contributed by atoms with Crippen molar-refractivity contribution in [3.8, 4) is 0 Å². The maximum absolute atomic E-state index is 13.3. The van der Waals surface area contributed by atoms with Crippen LogP contribution in [0.25, 0.3) is 0 Å². The molecule has 2 heterocycles. The van der Waals surface area contributed by atoms with Crippen LogP contribution in [0.3, 0.4) is 0 Å². The number of alkyl halides is 3. The van der Waals surface area contributed by atoms with Gasteiger partial charge in [0.05, 0.1) is 18.6 Å². The van der Waals surface area contributed by atoms with Crippen LogP contribution in [0.1, 0.15) is 99.2 Å². The van der Waals surface area contributed by atoms with E-state index < -0.39 is 47.6 Å². The highest BCUT2D eigenvalue weighted by atomic mass is 32.1. The predicted molar refractivity (Wildman–Crippen MR) is 162 cm³/mol. The Kier molecular flexibility index (Phi) is 13.0. The van der Waals surface area contributed by atoms with Gasteiger partial charge >= 0.3 is 18.1 Å². The molecule has 0 aromatic carbocycles. The monoisotopic (exact) mass is 669 g/mol. The lowest BCUT2D eigenvalue weighted by Gasteiger charge is -2.33. The van der Waals surface area contributed by atoms with Crippen LogP contribution in [0.4, 0.5) is 13.2 Å². The number of amides is 2. The Labute approximate surface area is 270 Å². The van der Waals surface area contributed by atoms with Crippen LogP contribution in [-0.4, -0.2) is 69.8 Å². The lowest BCUT2D eigenvalue weighted by Crippen LogP contribution is -2.41. The number of aromatic nitrogens is 3. The molecule has 3 rings (SSSR count). The maximum atomic E-state index is 13.3. The van der Waals surface area contributed by atoms with Crippen molar-refractivity contribution in [1.82, 2.24) is 25.2 Å². The molecule has 1 N–H and O–H groups in total. The number of nitrogens with one attached hydrogen (secondary N) is 1. The van der Waals surface area contributed by atoms with E-state index in [-0.39, 0.29) is 48.6 Å². The van der Waals surface area contributed by atoms with E-state index in [1.165, 1.54) is 19.4 Å². The van der Waals surface area contributed by atoms with E-state index in [4.69, 9.17) is 9.47 Å². The molecular weight excluding hydrogens is 627 g/mol. The zero-order valence-corrected chi connectivity index (χ0v) is 27.7. The fourth-order valence-corrected chi connectivity index (χ4v) is 5.97. The molecule has 46 heavy (non-hydrogen) atoms. The SMILES string of the molecule is COC(=O)C(C)C[C@H](Cc1ncc(C(F)(F)F)cn1)NC(=O)c1csc(C(CC(C(C)C)N(C)C(=O)CCC2CC2)OC(C)=O)n1. The predicted octanol–water partition coefficient (Wildman–Crippen LogP) is 5.16. The van der Waals surface area contributed by atoms with Crippen molar-refractivity contribution in [2.45, 2.75) is 97.0 Å². The van der Waals surface area contributed by atoms with Crippen molar-refractivity contribution >= 4 is 35.1 Å². The first-order valence-electron chi connectivity index (χ1n) is 15.2. The van der Waals surface area contributed by atoms with Crippen LogP contribution in [0.15, 0.2) is 17.8 Å². The number of halogens is 3. The van der Waals surface area contributed by atoms with Crippen molar-refractivity contribution in [1.29, 1.82) is 0 Å². The van der Waals surface area contributed by atoms with Crippen LogP contribution in [0, 0.1) is 17.8 Å². The molecule has 2 aromatic heterocycles. The second-order valence-electron chi connectivity index (χ2n) is 12.1. The van der Waals surface area contributed by atoms with E-state index in [2.05, 4.69) is 20.3 Å². The van der Waals surface area contributed by atoms with E-state index in [9.17, 15) is 32.3 Å². The second kappa shape index (κ2) is 16.3. The van der Waals surface area contributed by atoms with Gasteiger partial charge in [0.25, 0.3) is 5.91 Å². The summed E-state index contributed by atoms with van der Waals surface area (Å²) in [5, 5.41) is 4.66. The lowest BCUT2D eigenvalue weighted by molar-refractivity contribution is -0.148. The highest BCUT2D eigenvalue weighted by Gasteiger charge is 2.33. The van der Waals surface area contributed by atoms with E-state index in [0.29, 0.717) is 29.7 Å². The third-order valence-electron chi connectivity index (χ3n) is 7.96. The zero-order chi connectivity index (χ0) is 34.2. The molecule has 1 aliphatic rings. The highest BCUT2D eigenvalue weighted by molar-refractivity contribution is 7.09. The third-order valence-corrected chi connectivity index (χ3v) is 8.89. The van der Waals surface area contributed by atoms with Gasteiger partial charge in [0, 0.05) is 63.1 Å². The van der Waals surface area contributed by atoms with Crippen LogP contribution in [0.5, 0.6) is 0 Å². The normalized spacial score (nSPS) is 15.9. The lowest BCUT2D eigenvalue weighted by atomic mass is 9.96. The number of rotatable bonds is 16. The minimum atomic E-state index is -4.60. The molecule has 1 fully saturated rings. The highest BCUT2D eigenvalue weighted by Crippen LogP contribution is 2.35. The Morgan fingerprint density at radius 3 is 2.30 bits per heavy atom. The Balaban J connectivity index is 1.77. The fraction of sp³-hybridized carbons (Fsp3) is 0.645. The molecule has 3 unspecified atom stereocenters. The van der Waals surface area contributed by atoms with Gasteiger partial charge in [-0.25, -0.2) is 15.0 Å². The number of methoxy groups -OCH3 is 1. The average Bonchev–Trinajstić information content (AvgIpc) is 3.69. The van der Waals surface area contributed by atoms with Gasteiger partial charge < -0.3 is 19.7 Å². The standard InChI is InChI=1S/C31H42F3N5O6S/c1-17(2)24(39(5)27(41)10-9-20-7-8-20)13-25(45-19(4)40)29-38-23(16-46-29)28(42)37-22(11-18(3)30(43)44-6)12-26-35-14-21(15-36-26)31(32,33)34/h14-18,20,22,24-25H,7-13H2,1-6H3,(H,37,42)/t18?,22-,24?,25?/m1/s1. The number of esters is 2. The quantitative estimate of drug-likeness (QED) is 0.240. The van der Waals surface area contributed by atoms with Crippen molar-refractivity contribution in [2.24, 2.45) is 17.8 Å². The molecule has 0 spiro atoms. The molecule has 1 aliphatic carbocycles. The summed E-state index contributed by atoms with van der Waals surface area (Å²) in [6.45, 7) is 6.84. The first-order chi connectivity index (χ1) is 21.6. The summed E-state index contributed by atoms with van der Waals surface area (Å²) < 4.78 is 49.3. The van der Waals surface area contributed by atoms with Crippen LogP contribution in [-0.2, 0) is 36.5 Å². The summed E-state index contributed by atoms with van der Waals surface area (Å²) in [5.41, 5.74) is -0.984. The molecule has 11 nitrogen and oxygen atoms in total. The third kappa shape index (κ3) is 11.0. The molecule has 0 bridgehead atoms. The molecule has 15 heteroatoms. The van der Waals surface area contributed by atoms with Gasteiger partial charge in [0.15, 0.2) is 6.10 Å². The van der Waals surface area contributed by atoms with E-state index >= 15 is 0 Å². The van der Waals surface area contributed by atoms with Crippen molar-refractivity contribution in [2.75, 3.05) is 14.2 Å². The van der Waals surface area contributed by atoms with Gasteiger partial charge in [-0.1, -0.05) is 33.6 Å². The fourth-order valence-electron chi connectivity index (χ4n) is 5.14. The Morgan fingerprint density at radius 2 is 1.76 bits per heavy atom. The minimum Gasteiger partial charge on any atom is -0.469 e. The number of hydrogen-bond acceptors (Lipinski definition) is 10. The van der Waals surface area contributed by atoms with E-state index in [1.54, 1.807) is 18.9 Å². The number of ether oxygens (including phenoxy) is 2. The van der Waals surface area contributed by atoms with Gasteiger partial charge in [-0.05, 0) is 24.7 Å². The topological polar surface area (TPSA) is 141 Å². The summed E-state index contributed by atoms with van der Waals surface area (Å²) in [7, 11) is 2.98. The van der Waals surface area contributed by atoms with Gasteiger partial charge in [0.1, 0.15) is 16.5 Å². The van der Waals surface area contributed by atoms with Crippen LogP contribution in [0.2, 0.25) is 0 Å². The summed E-state index contributed by atoms with van der Waals surface area (Å²) in [6.07, 6.45) is -0.150. The largest absolute Gasteiger partial charge is 0.469 e. The molecule has 2 amide bonds. The Bertz CT molecular complexity index is 1350. The van der Waals surface area contributed by atoms with Gasteiger partial charge in [0.2, 0.25) is 5.91 Å². The smallest absolute Gasteiger partial charge is 0.419 e. The van der Waals surface area contributed by atoms with Crippen molar-refractivity contribution in [3.63, 3.8) is 0 Å². The molecule has 2 aromatic rings. The zero-order valence-electron chi connectivity index (χ0n) is 26.9. The molecule has 254 valence electrons. The summed E-state index contributed by atoms with van der Waals surface area (Å²) in [6, 6.07) is -1.02. The van der Waals surface area contributed by atoms with Crippen LogP contribution < -0.4 is 5.32 Å². The van der Waals surface area contributed by atoms with Gasteiger partial charge in [-0.3, -0.25) is 19.2 Å². The molecule has 0 radical (unpaired) electrons. The summed E-state index contributed by atoms with van der Waals surface area (Å²) in [4.78, 5) is 64.2. The maximum Gasteiger partial charge on any atom is 0.419 e. The second-order valence-corrected chi connectivity index (χ2v) is 13.0. The number of hydrogen-bond donors (Lipinski definition) is 1. The first-order valence-corrected chi connectivity index (χ1v) is 16.1. The average molecular weight is 670 g/mol. The first kappa shape index (κ1) is 36.8. The minimum absolute atomic E-state index is 0.0237. The molecule has 1 saturated carbocycles. The Hall–Kier alpha value is -3.62. The molecule has 0 aliphatic heterocycles. The van der Waals surface area contributed by atoms with Crippen molar-refractivity contribution in [3.05, 3.63) is 39.9 Å². The number of carbonyl (C=O) groups is 4. The van der Waals surface area contributed by atoms with Crippen LogP contribution >= 0.6 is 11.3 Å². The number of carbonyl (C=O) groups excluding carboxylic acids is 4. The number of thiazole rings is 1. The number of nitrogens with zero attached hydrogens (tertiary/aromatic N) is 4. The van der Waals surface area contributed by atoms with Crippen molar-refractivity contribution < 1.29 is 41.8 Å².